The van der Waals surface area contributed by atoms with Gasteiger partial charge in [-0.2, -0.15) is 0 Å². The van der Waals surface area contributed by atoms with E-state index in [0.29, 0.717) is 0 Å². The maximum Gasteiger partial charge on any atom is 1.00 e. The Kier molecular flexibility index (Phi) is 226. The van der Waals surface area contributed by atoms with Gasteiger partial charge in [0.1, 0.15) is 0 Å². The molecule has 0 aliphatic heterocycles. The first kappa shape index (κ1) is 30.2. The third-order valence-corrected chi connectivity index (χ3v) is 0. The standard InChI is InChI=1S/ClH.HNO2.H3N.Na/c;2-1-3;;/h1H;(H,2,3);1H3;/q;;;+1/p-1. The van der Waals surface area contributed by atoms with Gasteiger partial charge < -0.3 is 16.3 Å². The van der Waals surface area contributed by atoms with Crippen LogP contribution >= 0.6 is 12.4 Å². The Morgan fingerprint density at radius 1 is 1.50 bits per heavy atom. The first-order valence-corrected chi connectivity index (χ1v) is 0.365. The van der Waals surface area contributed by atoms with Crippen LogP contribution in [0.3, 0.4) is 0 Å². The summed E-state index contributed by atoms with van der Waals surface area (Å²) in [6.07, 6.45) is 0. The van der Waals surface area contributed by atoms with Crippen LogP contribution in [0.25, 0.3) is 0 Å². The smallest absolute Gasteiger partial charge is 0.444 e. The van der Waals surface area contributed by atoms with Crippen LogP contribution in [-0.4, -0.2) is 0 Å². The van der Waals surface area contributed by atoms with Crippen LogP contribution in [0.5, 0.6) is 0 Å². The summed E-state index contributed by atoms with van der Waals surface area (Å²) in [5.74, 6) is 0. The number of rotatable bonds is 0. The summed E-state index contributed by atoms with van der Waals surface area (Å²) < 4.78 is 0. The molecule has 6 heavy (non-hydrogen) atoms. The molecule has 0 bridgehead atoms. The number of hydrogen-bond acceptors (Lipinski definition) is 4. The summed E-state index contributed by atoms with van der Waals surface area (Å²) in [4.78, 5) is 8.00. The molecule has 0 rings (SSSR count). The van der Waals surface area contributed by atoms with Crippen molar-refractivity contribution >= 4 is 12.4 Å². The molecule has 0 aromatic rings. The minimum Gasteiger partial charge on any atom is -0.444 e. The monoisotopic (exact) mass is 122 g/mol. The van der Waals surface area contributed by atoms with Crippen molar-refractivity contribution in [2.45, 2.75) is 0 Å². The molecule has 34 valence electrons. The molecule has 0 spiro atoms. The predicted octanol–water partition coefficient (Wildman–Crippen LogP) is -2.16. The fourth-order valence-electron chi connectivity index (χ4n) is 0. The Labute approximate surface area is 63.5 Å². The normalized spacial score (nSPS) is 2.00. The molecular weight excluding hydrogens is 118 g/mol. The number of halogens is 1. The van der Waals surface area contributed by atoms with E-state index in [2.05, 4.69) is 0 Å². The van der Waals surface area contributed by atoms with Crippen LogP contribution in [0.2, 0.25) is 0 Å². The van der Waals surface area contributed by atoms with Crippen LogP contribution in [0.1, 0.15) is 0 Å². The zero-order chi connectivity index (χ0) is 2.71. The molecule has 3 N–H and O–H groups in total. The van der Waals surface area contributed by atoms with Crippen LogP contribution in [0.4, 0.5) is 0 Å². The average molecular weight is 122 g/mol. The van der Waals surface area contributed by atoms with Gasteiger partial charge in [-0.05, 0) is 0 Å². The van der Waals surface area contributed by atoms with Gasteiger partial charge >= 0.3 is 29.6 Å². The summed E-state index contributed by atoms with van der Waals surface area (Å²) in [6.45, 7) is 0. The van der Waals surface area contributed by atoms with Crippen LogP contribution in [-0.2, 0) is 0 Å². The van der Waals surface area contributed by atoms with Crippen molar-refractivity contribution in [3.63, 3.8) is 0 Å². The van der Waals surface area contributed by atoms with Crippen molar-refractivity contribution < 1.29 is 29.6 Å². The van der Waals surface area contributed by atoms with E-state index in [9.17, 15) is 0 Å². The Balaban J connectivity index is -0.00000000667. The molecule has 0 heterocycles. The summed E-state index contributed by atoms with van der Waals surface area (Å²) in [6, 6.07) is 0. The van der Waals surface area contributed by atoms with E-state index in [4.69, 9.17) is 10.1 Å². The van der Waals surface area contributed by atoms with Crippen molar-refractivity contribution in [1.82, 2.24) is 6.15 Å². The van der Waals surface area contributed by atoms with Crippen molar-refractivity contribution in [2.24, 2.45) is 5.34 Å². The second-order valence-electron chi connectivity index (χ2n) is 0.0745. The van der Waals surface area contributed by atoms with E-state index in [-0.39, 0.29) is 48.1 Å². The maximum absolute atomic E-state index is 8.00. The van der Waals surface area contributed by atoms with Gasteiger partial charge in [0.2, 0.25) is 0 Å². The Morgan fingerprint density at radius 3 is 1.50 bits per heavy atom. The minimum absolute atomic E-state index is 0. The van der Waals surface area contributed by atoms with E-state index in [0.717, 1.165) is 5.34 Å². The van der Waals surface area contributed by atoms with Crippen molar-refractivity contribution in [1.29, 1.82) is 0 Å². The van der Waals surface area contributed by atoms with Gasteiger partial charge in [-0.25, -0.2) is 0 Å². The largest absolute Gasteiger partial charge is 1.00 e. The molecule has 0 aromatic heterocycles. The first-order valence-electron chi connectivity index (χ1n) is 0.365. The van der Waals surface area contributed by atoms with E-state index >= 15 is 0 Å². The zero-order valence-electron chi connectivity index (χ0n) is 3.38. The fraction of sp³-hybridized carbons (Fsp3) is 0. The fourth-order valence-corrected chi connectivity index (χ4v) is 0. The number of nitrogens with zero attached hydrogens (tertiary/aromatic N) is 1. The summed E-state index contributed by atoms with van der Waals surface area (Å²) in [5.41, 5.74) is 0. The summed E-state index contributed by atoms with van der Waals surface area (Å²) >= 11 is 0. The molecule has 0 aliphatic rings. The second kappa shape index (κ2) is 44.9. The van der Waals surface area contributed by atoms with Crippen molar-refractivity contribution in [3.05, 3.63) is 10.1 Å². The van der Waals surface area contributed by atoms with E-state index in [1.807, 2.05) is 0 Å². The Hall–Kier alpha value is 0.650. The average Bonchev–Trinajstić information content (AvgIpc) is 0.918. The zero-order valence-corrected chi connectivity index (χ0v) is 6.20. The Bertz CT molecular complexity index is 19.0. The van der Waals surface area contributed by atoms with Gasteiger partial charge in [0.05, 0.1) is 0 Å². The van der Waals surface area contributed by atoms with E-state index in [1.54, 1.807) is 0 Å². The van der Waals surface area contributed by atoms with Gasteiger partial charge in [0.25, 0.3) is 0 Å². The topological polar surface area (TPSA) is 87.5 Å². The maximum atomic E-state index is 8.00. The van der Waals surface area contributed by atoms with E-state index < -0.39 is 0 Å². The quantitative estimate of drug-likeness (QED) is 0.226. The number of hydrogen-bond donors (Lipinski definition) is 1. The van der Waals surface area contributed by atoms with Crippen LogP contribution in [0, 0.1) is 10.1 Å². The molecule has 6 heteroatoms. The Morgan fingerprint density at radius 2 is 1.50 bits per heavy atom. The first-order chi connectivity index (χ1) is 1.41. The third-order valence-electron chi connectivity index (χ3n) is 0. The van der Waals surface area contributed by atoms with E-state index in [1.165, 1.54) is 0 Å². The van der Waals surface area contributed by atoms with Crippen LogP contribution < -0.4 is 35.7 Å². The SMILES string of the molecule is Cl.N.O=N[O-].[Na+]. The molecule has 0 saturated heterocycles. The molecular formula is H4ClN2NaO2. The molecule has 0 aromatic carbocycles. The van der Waals surface area contributed by atoms with Crippen LogP contribution in [0.15, 0.2) is 5.34 Å². The molecule has 0 fully saturated rings. The molecule has 0 saturated carbocycles. The molecule has 0 radical (unpaired) electrons. The van der Waals surface area contributed by atoms with Crippen molar-refractivity contribution in [2.75, 3.05) is 0 Å². The molecule has 4 nitrogen and oxygen atoms in total. The minimum atomic E-state index is 0. The second-order valence-corrected chi connectivity index (χ2v) is 0.0745. The molecule has 0 aliphatic carbocycles. The molecule has 0 atom stereocenters. The summed E-state index contributed by atoms with van der Waals surface area (Å²) in [5, 5.41) is 9.00. The van der Waals surface area contributed by atoms with Gasteiger partial charge in [-0.15, -0.1) is 17.7 Å². The van der Waals surface area contributed by atoms with Gasteiger partial charge in [0, 0.05) is 0 Å². The van der Waals surface area contributed by atoms with Gasteiger partial charge in [-0.1, -0.05) is 0 Å². The third kappa shape index (κ3) is 147. The van der Waals surface area contributed by atoms with Gasteiger partial charge in [0.15, 0.2) is 0 Å². The van der Waals surface area contributed by atoms with Crippen molar-refractivity contribution in [3.8, 4) is 0 Å². The molecule has 0 unspecified atom stereocenters. The van der Waals surface area contributed by atoms with Gasteiger partial charge in [-0.3, -0.25) is 0 Å². The molecule has 0 amide bonds. The predicted molar refractivity (Wildman–Crippen MR) is 21.4 cm³/mol. The summed E-state index contributed by atoms with van der Waals surface area (Å²) in [7, 11) is 0.